The summed E-state index contributed by atoms with van der Waals surface area (Å²) >= 11 is 5.06. The van der Waals surface area contributed by atoms with Crippen molar-refractivity contribution in [2.24, 2.45) is 0 Å². The minimum atomic E-state index is -0.756. The first kappa shape index (κ1) is 17.4. The summed E-state index contributed by atoms with van der Waals surface area (Å²) in [7, 11) is 0. The fourth-order valence-electron chi connectivity index (χ4n) is 2.05. The van der Waals surface area contributed by atoms with Gasteiger partial charge >= 0.3 is 0 Å². The lowest BCUT2D eigenvalue weighted by Gasteiger charge is -2.17. The van der Waals surface area contributed by atoms with E-state index < -0.39 is 12.0 Å². The fraction of sp³-hybridized carbons (Fsp3) is 0.467. The largest absolute Gasteiger partial charge is 0.481 e. The molecule has 1 heterocycles. The van der Waals surface area contributed by atoms with E-state index in [1.165, 1.54) is 24.3 Å². The lowest BCUT2D eigenvalue weighted by molar-refractivity contribution is -0.127. The summed E-state index contributed by atoms with van der Waals surface area (Å²) in [6.45, 7) is 2.97. The van der Waals surface area contributed by atoms with Gasteiger partial charge < -0.3 is 14.8 Å². The molecule has 1 saturated heterocycles. The fourth-order valence-corrected chi connectivity index (χ4v) is 2.18. The molecule has 1 aliphatic rings. The van der Waals surface area contributed by atoms with Gasteiger partial charge in [0.2, 0.25) is 0 Å². The Bertz CT molecular complexity index is 535. The molecule has 3 N–H and O–H groups in total. The highest BCUT2D eigenvalue weighted by molar-refractivity contribution is 7.80. The van der Waals surface area contributed by atoms with Crippen LogP contribution in [0.3, 0.4) is 0 Å². The number of halogens is 1. The van der Waals surface area contributed by atoms with Gasteiger partial charge in [-0.25, -0.2) is 4.39 Å². The Hall–Kier alpha value is -1.93. The van der Waals surface area contributed by atoms with Gasteiger partial charge in [-0.3, -0.25) is 15.6 Å². The van der Waals surface area contributed by atoms with E-state index in [2.05, 4.69) is 16.2 Å². The molecule has 0 spiro atoms. The van der Waals surface area contributed by atoms with Crippen LogP contribution < -0.4 is 20.9 Å². The summed E-state index contributed by atoms with van der Waals surface area (Å²) in [6.07, 6.45) is 1.46. The van der Waals surface area contributed by atoms with Crippen LogP contribution in [-0.2, 0) is 9.53 Å². The Balaban J connectivity index is 1.66. The molecule has 2 rings (SSSR count). The Labute approximate surface area is 139 Å². The molecule has 6 nitrogen and oxygen atoms in total. The third-order valence-electron chi connectivity index (χ3n) is 3.31. The van der Waals surface area contributed by atoms with E-state index in [-0.39, 0.29) is 11.9 Å². The zero-order valence-electron chi connectivity index (χ0n) is 12.8. The first-order valence-electron chi connectivity index (χ1n) is 7.42. The van der Waals surface area contributed by atoms with Crippen molar-refractivity contribution in [1.82, 2.24) is 16.2 Å². The number of nitrogens with one attached hydrogen (secondary N) is 3. The maximum atomic E-state index is 12.8. The monoisotopic (exact) mass is 341 g/mol. The molecule has 0 bridgehead atoms. The van der Waals surface area contributed by atoms with Gasteiger partial charge in [-0.2, -0.15) is 0 Å². The second kappa shape index (κ2) is 8.64. The average molecular weight is 341 g/mol. The second-order valence-corrected chi connectivity index (χ2v) is 5.58. The van der Waals surface area contributed by atoms with Gasteiger partial charge in [0.15, 0.2) is 11.2 Å². The molecule has 0 radical (unpaired) electrons. The second-order valence-electron chi connectivity index (χ2n) is 5.17. The van der Waals surface area contributed by atoms with Crippen molar-refractivity contribution in [2.75, 3.05) is 13.2 Å². The molecule has 1 fully saturated rings. The Morgan fingerprint density at radius 3 is 2.83 bits per heavy atom. The predicted octanol–water partition coefficient (Wildman–Crippen LogP) is 1.27. The van der Waals surface area contributed by atoms with E-state index in [9.17, 15) is 9.18 Å². The average Bonchev–Trinajstić information content (AvgIpc) is 3.06. The van der Waals surface area contributed by atoms with Crippen LogP contribution in [0.15, 0.2) is 24.3 Å². The van der Waals surface area contributed by atoms with E-state index in [0.717, 1.165) is 19.4 Å². The van der Waals surface area contributed by atoms with E-state index in [1.807, 2.05) is 0 Å². The van der Waals surface area contributed by atoms with Crippen LogP contribution in [0.4, 0.5) is 4.39 Å². The van der Waals surface area contributed by atoms with Gasteiger partial charge in [0.25, 0.3) is 5.91 Å². The Morgan fingerprint density at radius 1 is 1.43 bits per heavy atom. The minimum absolute atomic E-state index is 0.159. The van der Waals surface area contributed by atoms with Crippen molar-refractivity contribution < 1.29 is 18.7 Å². The van der Waals surface area contributed by atoms with E-state index in [4.69, 9.17) is 21.7 Å². The number of hydrogen-bond acceptors (Lipinski definition) is 4. The van der Waals surface area contributed by atoms with Crippen LogP contribution >= 0.6 is 12.2 Å². The van der Waals surface area contributed by atoms with Crippen LogP contribution in [0.25, 0.3) is 0 Å². The molecular formula is C15H20FN3O3S. The third kappa shape index (κ3) is 5.99. The first-order chi connectivity index (χ1) is 11.0. The molecule has 8 heteroatoms. The zero-order chi connectivity index (χ0) is 16.7. The van der Waals surface area contributed by atoms with Crippen molar-refractivity contribution in [3.05, 3.63) is 30.1 Å². The van der Waals surface area contributed by atoms with Crippen molar-refractivity contribution in [3.63, 3.8) is 0 Å². The number of thiocarbonyl (C=S) groups is 1. The molecule has 1 aromatic carbocycles. The molecule has 0 saturated carbocycles. The number of ether oxygens (including phenoxy) is 2. The SMILES string of the molecule is C[C@@H](Oc1ccc(F)cc1)C(=O)NNC(=S)NC[C@@H]1CCCO1. The quantitative estimate of drug-likeness (QED) is 0.553. The van der Waals surface area contributed by atoms with Gasteiger partial charge in [0, 0.05) is 13.2 Å². The topological polar surface area (TPSA) is 71.6 Å². The molecular weight excluding hydrogens is 321 g/mol. The number of benzene rings is 1. The molecule has 2 atom stereocenters. The summed E-state index contributed by atoms with van der Waals surface area (Å²) in [5.74, 6) is -0.345. The van der Waals surface area contributed by atoms with Crippen LogP contribution in [0.1, 0.15) is 19.8 Å². The number of carbonyl (C=O) groups is 1. The van der Waals surface area contributed by atoms with Crippen molar-refractivity contribution >= 4 is 23.2 Å². The number of rotatable bonds is 5. The number of amides is 1. The third-order valence-corrected chi connectivity index (χ3v) is 3.56. The van der Waals surface area contributed by atoms with E-state index in [0.29, 0.717) is 17.4 Å². The van der Waals surface area contributed by atoms with Gasteiger partial charge in [-0.15, -0.1) is 0 Å². The maximum Gasteiger partial charge on any atom is 0.279 e. The lowest BCUT2D eigenvalue weighted by Crippen LogP contribution is -2.51. The summed E-state index contributed by atoms with van der Waals surface area (Å²) in [5.41, 5.74) is 5.06. The molecule has 0 unspecified atom stereocenters. The smallest absolute Gasteiger partial charge is 0.279 e. The molecule has 1 amide bonds. The highest BCUT2D eigenvalue weighted by atomic mass is 32.1. The summed E-state index contributed by atoms with van der Waals surface area (Å²) in [5, 5.41) is 3.28. The molecule has 0 aromatic heterocycles. The van der Waals surface area contributed by atoms with Crippen LogP contribution in [0, 0.1) is 5.82 Å². The standard InChI is InChI=1S/C15H20FN3O3S/c1-10(22-12-6-4-11(16)5-7-12)14(20)18-19-15(23)17-9-13-3-2-8-21-13/h4-7,10,13H,2-3,8-9H2,1H3,(H,18,20)(H2,17,19,23)/t10-,13+/m1/s1. The Kier molecular flexibility index (Phi) is 6.54. The normalized spacial score (nSPS) is 18.1. The maximum absolute atomic E-state index is 12.8. The molecule has 0 aliphatic carbocycles. The van der Waals surface area contributed by atoms with Gasteiger partial charge in [-0.1, -0.05) is 0 Å². The van der Waals surface area contributed by atoms with Gasteiger partial charge in [-0.05, 0) is 56.2 Å². The van der Waals surface area contributed by atoms with Crippen LogP contribution in [0.5, 0.6) is 5.75 Å². The number of hydrogen-bond donors (Lipinski definition) is 3. The van der Waals surface area contributed by atoms with Crippen molar-refractivity contribution in [1.29, 1.82) is 0 Å². The van der Waals surface area contributed by atoms with Gasteiger partial charge in [0.05, 0.1) is 6.10 Å². The zero-order valence-corrected chi connectivity index (χ0v) is 13.6. The van der Waals surface area contributed by atoms with Crippen LogP contribution in [-0.4, -0.2) is 36.4 Å². The van der Waals surface area contributed by atoms with E-state index in [1.54, 1.807) is 6.92 Å². The Morgan fingerprint density at radius 2 is 2.17 bits per heavy atom. The van der Waals surface area contributed by atoms with Crippen molar-refractivity contribution in [2.45, 2.75) is 32.0 Å². The van der Waals surface area contributed by atoms with E-state index >= 15 is 0 Å². The van der Waals surface area contributed by atoms with Crippen LogP contribution in [0.2, 0.25) is 0 Å². The molecule has 126 valence electrons. The highest BCUT2D eigenvalue weighted by Gasteiger charge is 2.17. The molecule has 1 aliphatic heterocycles. The van der Waals surface area contributed by atoms with Gasteiger partial charge in [0.1, 0.15) is 11.6 Å². The lowest BCUT2D eigenvalue weighted by atomic mass is 10.2. The molecule has 23 heavy (non-hydrogen) atoms. The summed E-state index contributed by atoms with van der Waals surface area (Å²) in [4.78, 5) is 11.9. The summed E-state index contributed by atoms with van der Waals surface area (Å²) in [6, 6.07) is 5.45. The number of hydrazine groups is 1. The number of carbonyl (C=O) groups excluding carboxylic acids is 1. The molecule has 1 aromatic rings. The minimum Gasteiger partial charge on any atom is -0.481 e. The summed E-state index contributed by atoms with van der Waals surface area (Å²) < 4.78 is 23.7. The van der Waals surface area contributed by atoms with Crippen molar-refractivity contribution in [3.8, 4) is 5.75 Å². The highest BCUT2D eigenvalue weighted by Crippen LogP contribution is 2.13. The predicted molar refractivity (Wildman–Crippen MR) is 87.3 cm³/mol. The first-order valence-corrected chi connectivity index (χ1v) is 7.83.